The second-order valence-electron chi connectivity index (χ2n) is 3.96. The molecule has 0 radical (unpaired) electrons. The minimum atomic E-state index is -2.00. The van der Waals surface area contributed by atoms with Gasteiger partial charge in [-0.1, -0.05) is 27.4 Å². The highest BCUT2D eigenvalue weighted by atomic mass is 16.2. The van der Waals surface area contributed by atoms with Crippen LogP contribution < -0.4 is 5.31 Å². The number of amides is 1. The number of hydrogen-bond acceptors (Lipinski definition) is 1. The van der Waals surface area contributed by atoms with Crippen LogP contribution in [0.4, 0.5) is 0 Å². The summed E-state index contributed by atoms with van der Waals surface area (Å²) in [4.78, 5) is 12.0. The Morgan fingerprint density at radius 1 is 1.83 bits per heavy atom. The molecule has 1 unspecified atom stereocenters. The molecule has 0 bridgehead atoms. The predicted molar refractivity (Wildman–Crippen MR) is 49.5 cm³/mol. The van der Waals surface area contributed by atoms with Gasteiger partial charge in [0.25, 0.3) is 0 Å². The monoisotopic (exact) mass is 171 g/mol. The summed E-state index contributed by atoms with van der Waals surface area (Å²) in [5.41, 5.74) is -0.782. The molecule has 1 N–H and O–H groups in total. The standard InChI is InChI=1S/C10H17NO/c1-7-5-6-8(9(12)11-7)10(2,3)4/h8H,1,5-6H2,2-4H3,(H,11,12)/i6D2,8D/hD. The van der Waals surface area contributed by atoms with E-state index in [9.17, 15) is 4.79 Å². The van der Waals surface area contributed by atoms with Gasteiger partial charge in [0.05, 0.1) is 0 Å². The molecule has 0 spiro atoms. The quantitative estimate of drug-likeness (QED) is 0.594. The number of piperidine rings is 1. The van der Waals surface area contributed by atoms with Crippen LogP contribution in [0.15, 0.2) is 12.3 Å². The first-order valence-electron chi connectivity index (χ1n) is 5.91. The maximum Gasteiger partial charge on any atom is 0.227 e. The van der Waals surface area contributed by atoms with E-state index < -0.39 is 23.6 Å². The summed E-state index contributed by atoms with van der Waals surface area (Å²) < 4.78 is 31.4. The Kier molecular flexibility index (Phi) is 1.23. The smallest absolute Gasteiger partial charge is 0.227 e. The van der Waals surface area contributed by atoms with Gasteiger partial charge in [0.15, 0.2) is 1.41 Å². The molecule has 68 valence electrons. The molecular weight excluding hydrogens is 150 g/mol. The normalized spacial score (nSPS) is 41.4. The van der Waals surface area contributed by atoms with Crippen molar-refractivity contribution in [2.24, 2.45) is 11.3 Å². The molecule has 0 aromatic carbocycles. The van der Waals surface area contributed by atoms with Crippen molar-refractivity contribution in [3.8, 4) is 0 Å². The molecule has 1 amide bonds. The molecule has 2 heteroatoms. The van der Waals surface area contributed by atoms with Crippen LogP contribution in [0.25, 0.3) is 0 Å². The van der Waals surface area contributed by atoms with Gasteiger partial charge in [-0.3, -0.25) is 4.79 Å². The van der Waals surface area contributed by atoms with Crippen molar-refractivity contribution < 1.29 is 10.3 Å². The molecule has 2 nitrogen and oxygen atoms in total. The highest BCUT2D eigenvalue weighted by Crippen LogP contribution is 2.33. The Balaban J connectivity index is 3.35. The van der Waals surface area contributed by atoms with E-state index >= 15 is 0 Å². The first-order chi connectivity index (χ1) is 6.95. The lowest BCUT2D eigenvalue weighted by Crippen LogP contribution is -2.41. The molecule has 0 saturated carbocycles. The largest absolute Gasteiger partial charge is 0.330 e. The van der Waals surface area contributed by atoms with Crippen molar-refractivity contribution in [3.05, 3.63) is 12.3 Å². The molecule has 1 fully saturated rings. The second-order valence-corrected chi connectivity index (χ2v) is 3.96. The first-order valence-corrected chi connectivity index (χ1v) is 3.96. The van der Waals surface area contributed by atoms with Gasteiger partial charge in [0, 0.05) is 15.7 Å². The predicted octanol–water partition coefficient (Wildman–Crippen LogP) is 2.07. The van der Waals surface area contributed by atoms with Crippen LogP contribution in [0.5, 0.6) is 0 Å². The molecule has 0 aliphatic carbocycles. The molecule has 0 aromatic heterocycles. The number of allylic oxidation sites excluding steroid dienone is 1. The van der Waals surface area contributed by atoms with E-state index in [0.29, 0.717) is 5.31 Å². The zero-order valence-corrected chi connectivity index (χ0v) is 7.77. The van der Waals surface area contributed by atoms with Gasteiger partial charge in [0.1, 0.15) is 0 Å². The maximum absolute atomic E-state index is 12.0. The number of rotatable bonds is 0. The van der Waals surface area contributed by atoms with Gasteiger partial charge in [-0.25, -0.2) is 0 Å². The number of carbonyl (C=O) groups excluding carboxylic acids is 1. The average molecular weight is 171 g/mol. The Morgan fingerprint density at radius 3 is 2.92 bits per heavy atom. The first kappa shape index (κ1) is 5.05. The molecule has 0 aromatic rings. The minimum Gasteiger partial charge on any atom is -0.330 e. The highest BCUT2D eigenvalue weighted by Gasteiger charge is 2.33. The van der Waals surface area contributed by atoms with Gasteiger partial charge in [0.2, 0.25) is 5.91 Å². The number of hydrogen-bond donors (Lipinski definition) is 1. The summed E-state index contributed by atoms with van der Waals surface area (Å²) >= 11 is 0. The Morgan fingerprint density at radius 2 is 2.42 bits per heavy atom. The molecule has 1 rings (SSSR count). The van der Waals surface area contributed by atoms with Crippen molar-refractivity contribution >= 4 is 5.91 Å². The molecule has 1 heterocycles. The highest BCUT2D eigenvalue weighted by molar-refractivity contribution is 5.82. The number of nitrogens with one attached hydrogen (secondary N) is 1. The van der Waals surface area contributed by atoms with E-state index in [4.69, 9.17) is 5.52 Å². The van der Waals surface area contributed by atoms with Gasteiger partial charge >= 0.3 is 0 Å². The van der Waals surface area contributed by atoms with Crippen LogP contribution in [0.2, 0.25) is 1.41 Å². The van der Waals surface area contributed by atoms with E-state index in [1.54, 1.807) is 20.8 Å². The third-order valence-electron chi connectivity index (χ3n) is 1.69. The lowest BCUT2D eigenvalue weighted by molar-refractivity contribution is -0.129. The molecule has 12 heavy (non-hydrogen) atoms. The van der Waals surface area contributed by atoms with Gasteiger partial charge in [-0.2, -0.15) is 0 Å². The van der Waals surface area contributed by atoms with Crippen LogP contribution in [-0.4, -0.2) is 5.91 Å². The molecular formula is C10H17NO. The second kappa shape index (κ2) is 2.92. The Hall–Kier alpha value is -0.790. The summed E-state index contributed by atoms with van der Waals surface area (Å²) in [6.07, 6.45) is -2.17. The summed E-state index contributed by atoms with van der Waals surface area (Å²) in [6, 6.07) is 0. The van der Waals surface area contributed by atoms with Gasteiger partial charge in [-0.05, 0) is 18.2 Å². The molecule has 1 atom stereocenters. The fourth-order valence-corrected chi connectivity index (χ4v) is 1.09. The van der Waals surface area contributed by atoms with Gasteiger partial charge < -0.3 is 5.31 Å². The van der Waals surface area contributed by atoms with Crippen LogP contribution in [0.3, 0.4) is 0 Å². The fraction of sp³-hybridized carbons (Fsp3) is 0.700. The number of carbonyl (C=O) groups is 1. The topological polar surface area (TPSA) is 29.1 Å². The van der Waals surface area contributed by atoms with Crippen LogP contribution in [0.1, 0.15) is 37.7 Å². The SMILES string of the molecule is [2H]N1C(=C)CC([2H])([2H])C([2H])(C(C)(C)C)C1=O. The Bertz CT molecular complexity index is 347. The van der Waals surface area contributed by atoms with Crippen LogP contribution in [0, 0.1) is 11.3 Å². The summed E-state index contributed by atoms with van der Waals surface area (Å²) in [5, 5.41) is 0.555. The third kappa shape index (κ3) is 1.87. The van der Waals surface area contributed by atoms with Crippen molar-refractivity contribution in [1.29, 1.82) is 0 Å². The minimum absolute atomic E-state index is 0.0992. The molecule has 1 aliphatic rings. The lowest BCUT2D eigenvalue weighted by Gasteiger charge is -2.33. The zero-order chi connectivity index (χ0) is 12.9. The van der Waals surface area contributed by atoms with Crippen molar-refractivity contribution in [3.63, 3.8) is 0 Å². The van der Waals surface area contributed by atoms with Crippen molar-refractivity contribution in [1.82, 2.24) is 5.31 Å². The summed E-state index contributed by atoms with van der Waals surface area (Å²) in [7, 11) is 0. The van der Waals surface area contributed by atoms with Crippen LogP contribution >= 0.6 is 0 Å². The molecule has 1 aliphatic heterocycles. The maximum atomic E-state index is 12.0. The van der Waals surface area contributed by atoms with E-state index in [1.807, 2.05) is 0 Å². The Labute approximate surface area is 79.7 Å². The lowest BCUT2D eigenvalue weighted by atomic mass is 9.76. The van der Waals surface area contributed by atoms with E-state index in [2.05, 4.69) is 6.58 Å². The summed E-state index contributed by atoms with van der Waals surface area (Å²) in [5.74, 6) is -2.80. The van der Waals surface area contributed by atoms with E-state index in [-0.39, 0.29) is 12.1 Å². The zero-order valence-electron chi connectivity index (χ0n) is 11.8. The van der Waals surface area contributed by atoms with E-state index in [1.165, 1.54) is 0 Å². The molecule has 1 saturated heterocycles. The third-order valence-corrected chi connectivity index (χ3v) is 1.69. The van der Waals surface area contributed by atoms with Gasteiger partial charge in [-0.15, -0.1) is 0 Å². The van der Waals surface area contributed by atoms with Crippen LogP contribution in [-0.2, 0) is 4.79 Å². The fourth-order valence-electron chi connectivity index (χ4n) is 1.09. The summed E-state index contributed by atoms with van der Waals surface area (Å²) in [6.45, 7) is 8.39. The van der Waals surface area contributed by atoms with Crippen molar-refractivity contribution in [2.45, 2.75) is 33.6 Å². The average Bonchev–Trinajstić information content (AvgIpc) is 2.09. The van der Waals surface area contributed by atoms with Crippen molar-refractivity contribution in [2.75, 3.05) is 0 Å². The van der Waals surface area contributed by atoms with E-state index in [0.717, 1.165) is 0 Å².